The molecule has 172 valence electrons. The quantitative estimate of drug-likeness (QED) is 0.417. The van der Waals surface area contributed by atoms with Crippen molar-refractivity contribution in [2.24, 2.45) is 17.6 Å². The molecule has 1 heterocycles. The fourth-order valence-electron chi connectivity index (χ4n) is 5.69. The highest BCUT2D eigenvalue weighted by molar-refractivity contribution is 6.22. The first-order valence-electron chi connectivity index (χ1n) is 10.8. The maximum absolute atomic E-state index is 13.5. The summed E-state index contributed by atoms with van der Waals surface area (Å²) in [5.74, 6) is -6.26. The third-order valence-corrected chi connectivity index (χ3v) is 7.26. The van der Waals surface area contributed by atoms with Crippen molar-refractivity contribution in [2.45, 2.75) is 31.3 Å². The highest BCUT2D eigenvalue weighted by Crippen LogP contribution is 2.52. The zero-order valence-corrected chi connectivity index (χ0v) is 17.6. The molecule has 0 saturated heterocycles. The van der Waals surface area contributed by atoms with E-state index >= 15 is 0 Å². The molecule has 0 aromatic heterocycles. The molecule has 1 amide bonds. The van der Waals surface area contributed by atoms with E-state index in [0.29, 0.717) is 25.2 Å². The van der Waals surface area contributed by atoms with E-state index in [4.69, 9.17) is 10.5 Å². The Morgan fingerprint density at radius 3 is 2.58 bits per heavy atom. The van der Waals surface area contributed by atoms with Crippen LogP contribution in [0.15, 0.2) is 35.1 Å². The van der Waals surface area contributed by atoms with Crippen LogP contribution in [0.1, 0.15) is 36.0 Å². The van der Waals surface area contributed by atoms with E-state index < -0.39 is 52.0 Å². The number of hydrogen-bond acceptors (Lipinski definition) is 8. The maximum atomic E-state index is 13.5. The second kappa shape index (κ2) is 7.29. The van der Waals surface area contributed by atoms with Gasteiger partial charge in [-0.25, -0.2) is 0 Å². The van der Waals surface area contributed by atoms with Gasteiger partial charge in [-0.2, -0.15) is 0 Å². The number of carbonyl (C=O) groups excluding carboxylic acids is 3. The number of amides is 1. The lowest BCUT2D eigenvalue weighted by Gasteiger charge is -2.46. The Morgan fingerprint density at radius 1 is 1.15 bits per heavy atom. The van der Waals surface area contributed by atoms with Crippen molar-refractivity contribution in [1.82, 2.24) is 0 Å². The molecule has 0 bridgehead atoms. The van der Waals surface area contributed by atoms with E-state index in [2.05, 4.69) is 0 Å². The molecule has 9 nitrogen and oxygen atoms in total. The summed E-state index contributed by atoms with van der Waals surface area (Å²) < 4.78 is 5.38. The lowest BCUT2D eigenvalue weighted by Crippen LogP contribution is -2.58. The first-order chi connectivity index (χ1) is 15.7. The number of ether oxygens (including phenoxy) is 1. The summed E-state index contributed by atoms with van der Waals surface area (Å²) in [5, 5.41) is 43.5. The number of aliphatic hydroxyl groups is 3. The van der Waals surface area contributed by atoms with E-state index in [-0.39, 0.29) is 36.1 Å². The van der Waals surface area contributed by atoms with Crippen molar-refractivity contribution >= 4 is 28.8 Å². The van der Waals surface area contributed by atoms with Crippen LogP contribution in [0.25, 0.3) is 11.3 Å². The molecule has 33 heavy (non-hydrogen) atoms. The molecule has 3 aliphatic carbocycles. The van der Waals surface area contributed by atoms with Crippen molar-refractivity contribution in [2.75, 3.05) is 13.2 Å². The minimum absolute atomic E-state index is 0.104. The minimum atomic E-state index is -2.55. The van der Waals surface area contributed by atoms with Gasteiger partial charge in [0.2, 0.25) is 5.78 Å². The zero-order chi connectivity index (χ0) is 23.7. The number of fused-ring (bicyclic) bond motifs is 3. The number of Topliss-reactive ketones (excluding diaryl/α,β-unsaturated/α-hetero) is 2. The summed E-state index contributed by atoms with van der Waals surface area (Å²) >= 11 is 0. The number of aromatic hydroxyl groups is 1. The fraction of sp³-hybridized carbons (Fsp3) is 0.375. The van der Waals surface area contributed by atoms with Gasteiger partial charge in [-0.05, 0) is 47.9 Å². The molecule has 1 fully saturated rings. The topological polar surface area (TPSA) is 167 Å². The molecule has 3 atom stereocenters. The largest absolute Gasteiger partial charge is 0.508 e. The van der Waals surface area contributed by atoms with Crippen LogP contribution >= 0.6 is 0 Å². The van der Waals surface area contributed by atoms with Crippen LogP contribution in [-0.4, -0.2) is 56.7 Å². The second-order valence-electron chi connectivity index (χ2n) is 8.95. The van der Waals surface area contributed by atoms with Gasteiger partial charge < -0.3 is 30.9 Å². The predicted octanol–water partition coefficient (Wildman–Crippen LogP) is 1.23. The van der Waals surface area contributed by atoms with E-state index in [1.807, 2.05) is 6.08 Å². The number of phenolic OH excluding ortho intramolecular Hbond substituents is 1. The molecule has 9 heteroatoms. The van der Waals surface area contributed by atoms with Gasteiger partial charge in [-0.1, -0.05) is 12.1 Å². The number of nitrogens with two attached hydrogens (primary N) is 1. The molecule has 0 unspecified atom stereocenters. The Labute approximate surface area is 188 Å². The van der Waals surface area contributed by atoms with Crippen LogP contribution < -0.4 is 5.73 Å². The van der Waals surface area contributed by atoms with Gasteiger partial charge in [0.1, 0.15) is 22.8 Å². The Hall–Kier alpha value is -3.43. The Bertz CT molecular complexity index is 1220. The number of carbonyl (C=O) groups is 3. The summed E-state index contributed by atoms with van der Waals surface area (Å²) in [6.07, 6.45) is 2.66. The fourth-order valence-corrected chi connectivity index (χ4v) is 5.69. The molecule has 4 aliphatic rings. The Morgan fingerprint density at radius 2 is 1.91 bits per heavy atom. The Balaban J connectivity index is 1.69. The number of benzene rings is 1. The smallest absolute Gasteiger partial charge is 0.255 e. The number of rotatable bonds is 2. The van der Waals surface area contributed by atoms with Crippen molar-refractivity contribution in [3.05, 3.63) is 51.8 Å². The molecule has 0 radical (unpaired) electrons. The van der Waals surface area contributed by atoms with Crippen molar-refractivity contribution in [1.29, 1.82) is 0 Å². The number of hydrogen-bond donors (Lipinski definition) is 5. The SMILES string of the molecule is NC(=O)C1=C(O)[C@@]2(O)C(=O)C3=C(O)c4c(O)ccc(C5=CCOCC5)c4C[C@H]3C[C@H]2CC1=O. The maximum Gasteiger partial charge on any atom is 0.255 e. The van der Waals surface area contributed by atoms with Crippen LogP contribution in [-0.2, 0) is 25.5 Å². The molecule has 1 aromatic carbocycles. The average Bonchev–Trinajstić information content (AvgIpc) is 2.76. The number of primary amides is 1. The third kappa shape index (κ3) is 2.89. The average molecular weight is 453 g/mol. The van der Waals surface area contributed by atoms with E-state index in [1.165, 1.54) is 6.07 Å². The van der Waals surface area contributed by atoms with Gasteiger partial charge in [0.15, 0.2) is 11.4 Å². The first kappa shape index (κ1) is 21.4. The summed E-state index contributed by atoms with van der Waals surface area (Å²) in [4.78, 5) is 37.6. The van der Waals surface area contributed by atoms with Gasteiger partial charge >= 0.3 is 0 Å². The zero-order valence-electron chi connectivity index (χ0n) is 17.6. The van der Waals surface area contributed by atoms with Gasteiger partial charge in [0, 0.05) is 17.9 Å². The molecule has 6 N–H and O–H groups in total. The summed E-state index contributed by atoms with van der Waals surface area (Å²) in [7, 11) is 0. The van der Waals surface area contributed by atoms with Gasteiger partial charge in [0.25, 0.3) is 5.91 Å². The standard InChI is InChI=1S/C24H23NO8/c25-23(31)19-16(27)9-12-7-11-8-14-13(10-3-5-33-6-4-10)1-2-15(26)18(14)20(28)17(11)21(29)24(12,32)22(19)30/h1-3,11-12,26,28,30,32H,4-9H2,(H2,25,31)/t11-,12+,24+/m1/s1. The summed E-state index contributed by atoms with van der Waals surface area (Å²) in [5.41, 5.74) is 4.33. The molecular weight excluding hydrogens is 430 g/mol. The number of phenols is 1. The van der Waals surface area contributed by atoms with E-state index in [1.54, 1.807) is 6.07 Å². The monoisotopic (exact) mass is 453 g/mol. The van der Waals surface area contributed by atoms with Crippen LogP contribution in [0.2, 0.25) is 0 Å². The molecule has 0 spiro atoms. The summed E-state index contributed by atoms with van der Waals surface area (Å²) in [6, 6.07) is 3.21. The van der Waals surface area contributed by atoms with E-state index in [0.717, 1.165) is 11.1 Å². The molecule has 1 aliphatic heterocycles. The van der Waals surface area contributed by atoms with Crippen LogP contribution in [0, 0.1) is 11.8 Å². The lowest BCUT2D eigenvalue weighted by atomic mass is 9.59. The Kier molecular flexibility index (Phi) is 4.73. The molecule has 1 saturated carbocycles. The normalized spacial score (nSPS) is 29.3. The van der Waals surface area contributed by atoms with E-state index in [9.17, 15) is 34.8 Å². The van der Waals surface area contributed by atoms with Gasteiger partial charge in [-0.3, -0.25) is 14.4 Å². The molecular formula is C24H23NO8. The number of aliphatic hydroxyl groups excluding tert-OH is 2. The highest BCUT2D eigenvalue weighted by Gasteiger charge is 2.60. The third-order valence-electron chi connectivity index (χ3n) is 7.26. The first-order valence-corrected chi connectivity index (χ1v) is 10.8. The van der Waals surface area contributed by atoms with Gasteiger partial charge in [0.05, 0.1) is 18.8 Å². The van der Waals surface area contributed by atoms with Crippen LogP contribution in [0.4, 0.5) is 0 Å². The number of ketones is 2. The van der Waals surface area contributed by atoms with Crippen LogP contribution in [0.3, 0.4) is 0 Å². The van der Waals surface area contributed by atoms with Crippen molar-refractivity contribution in [3.63, 3.8) is 0 Å². The van der Waals surface area contributed by atoms with Crippen molar-refractivity contribution in [3.8, 4) is 5.75 Å². The lowest BCUT2D eigenvalue weighted by molar-refractivity contribution is -0.147. The molecule has 1 aromatic rings. The van der Waals surface area contributed by atoms with Crippen LogP contribution in [0.5, 0.6) is 5.75 Å². The van der Waals surface area contributed by atoms with Gasteiger partial charge in [-0.15, -0.1) is 0 Å². The highest BCUT2D eigenvalue weighted by atomic mass is 16.5. The van der Waals surface area contributed by atoms with Crippen molar-refractivity contribution < 1.29 is 39.5 Å². The minimum Gasteiger partial charge on any atom is -0.508 e. The molecule has 5 rings (SSSR count). The second-order valence-corrected chi connectivity index (χ2v) is 8.95. The predicted molar refractivity (Wildman–Crippen MR) is 115 cm³/mol. The summed E-state index contributed by atoms with van der Waals surface area (Å²) in [6.45, 7) is 0.993.